The maximum Gasteiger partial charge on any atom is 0.256 e. The highest BCUT2D eigenvalue weighted by atomic mass is 35.5. The Labute approximate surface area is 91.9 Å². The van der Waals surface area contributed by atoms with E-state index >= 15 is 0 Å². The summed E-state index contributed by atoms with van der Waals surface area (Å²) >= 11 is 5.82. The Hall–Kier alpha value is -1.32. The number of H-pyrrole nitrogens is 1. The first kappa shape index (κ1) is 10.2. The van der Waals surface area contributed by atoms with Crippen LogP contribution in [0.15, 0.2) is 29.1 Å². The molecule has 0 atom stereocenters. The second-order valence-electron chi connectivity index (χ2n) is 3.39. The molecule has 0 fully saturated rings. The molecule has 4 heteroatoms. The predicted molar refractivity (Wildman–Crippen MR) is 62.3 cm³/mol. The van der Waals surface area contributed by atoms with Gasteiger partial charge in [-0.15, -0.1) is 0 Å². The molecule has 0 saturated carbocycles. The first-order valence-corrected chi connectivity index (χ1v) is 5.10. The fraction of sp³-hybridized carbons (Fsp3) is 0.182. The van der Waals surface area contributed by atoms with Gasteiger partial charge in [-0.05, 0) is 36.6 Å². The monoisotopic (exact) mass is 222 g/mol. The Morgan fingerprint density at radius 3 is 2.87 bits per heavy atom. The molecule has 0 aliphatic rings. The van der Waals surface area contributed by atoms with E-state index in [0.717, 1.165) is 11.1 Å². The number of hydrogen-bond donors (Lipinski definition) is 2. The van der Waals surface area contributed by atoms with Crippen molar-refractivity contribution in [2.45, 2.75) is 6.42 Å². The van der Waals surface area contributed by atoms with E-state index in [9.17, 15) is 4.79 Å². The molecule has 0 saturated heterocycles. The third kappa shape index (κ3) is 2.03. The van der Waals surface area contributed by atoms with Crippen LogP contribution >= 0.6 is 11.6 Å². The molecule has 0 spiro atoms. The van der Waals surface area contributed by atoms with Crippen LogP contribution < -0.4 is 11.3 Å². The smallest absolute Gasteiger partial charge is 0.256 e. The average Bonchev–Trinajstić information content (AvgIpc) is 2.20. The van der Waals surface area contributed by atoms with Gasteiger partial charge in [-0.2, -0.15) is 0 Å². The molecule has 0 aliphatic heterocycles. The van der Waals surface area contributed by atoms with Gasteiger partial charge < -0.3 is 10.7 Å². The van der Waals surface area contributed by atoms with E-state index in [-0.39, 0.29) is 5.56 Å². The molecule has 3 N–H and O–H groups in total. The molecular weight excluding hydrogens is 212 g/mol. The minimum atomic E-state index is -0.113. The van der Waals surface area contributed by atoms with Crippen LogP contribution in [0.5, 0.6) is 0 Å². The lowest BCUT2D eigenvalue weighted by atomic mass is 10.1. The van der Waals surface area contributed by atoms with Gasteiger partial charge in [0.1, 0.15) is 0 Å². The van der Waals surface area contributed by atoms with Crippen molar-refractivity contribution >= 4 is 22.4 Å². The van der Waals surface area contributed by atoms with Gasteiger partial charge in [0.05, 0.1) is 0 Å². The van der Waals surface area contributed by atoms with Gasteiger partial charge in [0, 0.05) is 16.1 Å². The van der Waals surface area contributed by atoms with Crippen LogP contribution in [0.3, 0.4) is 0 Å². The van der Waals surface area contributed by atoms with Gasteiger partial charge in [-0.1, -0.05) is 17.7 Å². The summed E-state index contributed by atoms with van der Waals surface area (Å²) in [5.74, 6) is 0. The molecule has 0 bridgehead atoms. The Morgan fingerprint density at radius 2 is 2.13 bits per heavy atom. The van der Waals surface area contributed by atoms with Gasteiger partial charge in [-0.25, -0.2) is 0 Å². The van der Waals surface area contributed by atoms with Crippen molar-refractivity contribution in [2.75, 3.05) is 6.54 Å². The minimum absolute atomic E-state index is 0.113. The number of benzene rings is 1. The zero-order valence-corrected chi connectivity index (χ0v) is 8.84. The van der Waals surface area contributed by atoms with Crippen LogP contribution in [0.4, 0.5) is 0 Å². The SMILES string of the molecule is NCCc1cc2ccc(Cl)cc2c(=O)[nH]1. The third-order valence-corrected chi connectivity index (χ3v) is 2.51. The molecule has 15 heavy (non-hydrogen) atoms. The number of nitrogens with two attached hydrogens (primary N) is 1. The summed E-state index contributed by atoms with van der Waals surface area (Å²) in [7, 11) is 0. The first-order chi connectivity index (χ1) is 7.20. The maximum absolute atomic E-state index is 11.7. The molecular formula is C11H11ClN2O. The van der Waals surface area contributed by atoms with E-state index in [1.807, 2.05) is 12.1 Å². The topological polar surface area (TPSA) is 58.9 Å². The molecule has 78 valence electrons. The zero-order chi connectivity index (χ0) is 10.8. The number of fused-ring (bicyclic) bond motifs is 1. The van der Waals surface area contributed by atoms with Gasteiger partial charge in [0.15, 0.2) is 0 Å². The second-order valence-corrected chi connectivity index (χ2v) is 3.83. The summed E-state index contributed by atoms with van der Waals surface area (Å²) in [4.78, 5) is 14.5. The van der Waals surface area contributed by atoms with E-state index in [1.165, 1.54) is 0 Å². The number of pyridine rings is 1. The van der Waals surface area contributed by atoms with Gasteiger partial charge in [-0.3, -0.25) is 4.79 Å². The quantitative estimate of drug-likeness (QED) is 0.812. The molecule has 3 nitrogen and oxygen atoms in total. The zero-order valence-electron chi connectivity index (χ0n) is 8.09. The van der Waals surface area contributed by atoms with Crippen LogP contribution in [-0.4, -0.2) is 11.5 Å². The summed E-state index contributed by atoms with van der Waals surface area (Å²) < 4.78 is 0. The Bertz CT molecular complexity index is 548. The lowest BCUT2D eigenvalue weighted by molar-refractivity contribution is 0.919. The number of rotatable bonds is 2. The first-order valence-electron chi connectivity index (χ1n) is 4.72. The van der Waals surface area contributed by atoms with Gasteiger partial charge >= 0.3 is 0 Å². The Kier molecular flexibility index (Phi) is 2.75. The Balaban J connectivity index is 2.67. The van der Waals surface area contributed by atoms with Crippen molar-refractivity contribution in [3.8, 4) is 0 Å². The molecule has 2 aromatic rings. The van der Waals surface area contributed by atoms with Crippen molar-refractivity contribution in [3.63, 3.8) is 0 Å². The van der Waals surface area contributed by atoms with Crippen LogP contribution in [0.1, 0.15) is 5.69 Å². The van der Waals surface area contributed by atoms with Gasteiger partial charge in [0.2, 0.25) is 0 Å². The summed E-state index contributed by atoms with van der Waals surface area (Å²) in [6.07, 6.45) is 0.674. The normalized spacial score (nSPS) is 10.8. The van der Waals surface area contributed by atoms with Crippen LogP contribution in [0.25, 0.3) is 10.8 Å². The predicted octanol–water partition coefficient (Wildman–Crippen LogP) is 1.68. The highest BCUT2D eigenvalue weighted by Crippen LogP contribution is 2.16. The number of hydrogen-bond acceptors (Lipinski definition) is 2. The Morgan fingerprint density at radius 1 is 1.33 bits per heavy atom. The van der Waals surface area contributed by atoms with Crippen molar-refractivity contribution < 1.29 is 0 Å². The number of aromatic amines is 1. The molecule has 0 aliphatic carbocycles. The van der Waals surface area contributed by atoms with Gasteiger partial charge in [0.25, 0.3) is 5.56 Å². The van der Waals surface area contributed by atoms with Crippen LogP contribution in [0.2, 0.25) is 5.02 Å². The largest absolute Gasteiger partial charge is 0.330 e. The lowest BCUT2D eigenvalue weighted by Crippen LogP contribution is -2.12. The fourth-order valence-electron chi connectivity index (χ4n) is 1.58. The number of nitrogens with one attached hydrogen (secondary N) is 1. The van der Waals surface area contributed by atoms with E-state index in [0.29, 0.717) is 23.4 Å². The summed E-state index contributed by atoms with van der Waals surface area (Å²) in [6.45, 7) is 0.523. The lowest BCUT2D eigenvalue weighted by Gasteiger charge is -2.02. The van der Waals surface area contributed by atoms with Crippen molar-refractivity contribution in [2.24, 2.45) is 5.73 Å². The number of halogens is 1. The van der Waals surface area contributed by atoms with Crippen LogP contribution in [0, 0.1) is 0 Å². The summed E-state index contributed by atoms with van der Waals surface area (Å²) in [6, 6.07) is 7.21. The van der Waals surface area contributed by atoms with E-state index in [1.54, 1.807) is 12.1 Å². The van der Waals surface area contributed by atoms with E-state index in [4.69, 9.17) is 17.3 Å². The third-order valence-electron chi connectivity index (χ3n) is 2.28. The summed E-state index contributed by atoms with van der Waals surface area (Å²) in [5.41, 5.74) is 6.18. The van der Waals surface area contributed by atoms with E-state index < -0.39 is 0 Å². The van der Waals surface area contributed by atoms with E-state index in [2.05, 4.69) is 4.98 Å². The molecule has 0 amide bonds. The molecule has 1 heterocycles. The number of aromatic nitrogens is 1. The molecule has 2 rings (SSSR count). The highest BCUT2D eigenvalue weighted by molar-refractivity contribution is 6.31. The van der Waals surface area contributed by atoms with Crippen molar-refractivity contribution in [1.29, 1.82) is 0 Å². The molecule has 1 aromatic carbocycles. The highest BCUT2D eigenvalue weighted by Gasteiger charge is 2.02. The fourth-order valence-corrected chi connectivity index (χ4v) is 1.75. The minimum Gasteiger partial charge on any atom is -0.330 e. The second kappa shape index (κ2) is 4.04. The van der Waals surface area contributed by atoms with Crippen molar-refractivity contribution in [1.82, 2.24) is 4.98 Å². The molecule has 1 aromatic heterocycles. The summed E-state index contributed by atoms with van der Waals surface area (Å²) in [5, 5.41) is 2.08. The standard InChI is InChI=1S/C11H11ClN2O/c12-8-2-1-7-5-9(3-4-13)14-11(15)10(7)6-8/h1-2,5-6H,3-4,13H2,(H,14,15). The maximum atomic E-state index is 11.7. The molecule has 0 unspecified atom stereocenters. The molecule has 0 radical (unpaired) electrons. The van der Waals surface area contributed by atoms with Crippen molar-refractivity contribution in [3.05, 3.63) is 45.3 Å². The average molecular weight is 223 g/mol. The van der Waals surface area contributed by atoms with Crippen LogP contribution in [-0.2, 0) is 6.42 Å².